The molecule has 1 aliphatic rings. The summed E-state index contributed by atoms with van der Waals surface area (Å²) in [5.41, 5.74) is -1.00. The number of aliphatic hydroxyl groups excluding tert-OH is 1. The van der Waals surface area contributed by atoms with Gasteiger partial charge in [0.1, 0.15) is 6.04 Å². The van der Waals surface area contributed by atoms with Crippen molar-refractivity contribution < 1.29 is 29.3 Å². The Morgan fingerprint density at radius 1 is 1.35 bits per heavy atom. The largest absolute Gasteiger partial charge is 0.465 e. The van der Waals surface area contributed by atoms with Crippen LogP contribution in [0.4, 0.5) is 4.79 Å². The molecule has 0 aliphatic carbocycles. The zero-order valence-electron chi connectivity index (χ0n) is 14.4. The van der Waals surface area contributed by atoms with Gasteiger partial charge in [0.25, 0.3) is 0 Å². The van der Waals surface area contributed by atoms with Crippen LogP contribution in [0.2, 0.25) is 0 Å². The maximum atomic E-state index is 12.7. The molecule has 0 saturated carbocycles. The number of amides is 2. The number of halogens is 1. The molecule has 1 saturated heterocycles. The van der Waals surface area contributed by atoms with Gasteiger partial charge in [0.05, 0.1) is 19.3 Å². The second-order valence-corrected chi connectivity index (χ2v) is 7.10. The van der Waals surface area contributed by atoms with Gasteiger partial charge < -0.3 is 20.3 Å². The van der Waals surface area contributed by atoms with Gasteiger partial charge in [0, 0.05) is 10.9 Å². The first-order valence-corrected chi connectivity index (χ1v) is 8.91. The molecule has 2 amide bonds. The summed E-state index contributed by atoms with van der Waals surface area (Å²) in [4.78, 5) is 37.5. The maximum Gasteiger partial charge on any atom is 0.408 e. The minimum absolute atomic E-state index is 0.0304. The van der Waals surface area contributed by atoms with Crippen LogP contribution < -0.4 is 5.32 Å². The van der Waals surface area contributed by atoms with E-state index in [-0.39, 0.29) is 19.6 Å². The van der Waals surface area contributed by atoms with E-state index in [9.17, 15) is 24.6 Å². The van der Waals surface area contributed by atoms with Crippen molar-refractivity contribution in [1.29, 1.82) is 0 Å². The zero-order valence-corrected chi connectivity index (χ0v) is 16.0. The van der Waals surface area contributed by atoms with Crippen LogP contribution in [0.1, 0.15) is 25.8 Å². The molecule has 3 atom stereocenters. The smallest absolute Gasteiger partial charge is 0.408 e. The van der Waals surface area contributed by atoms with Gasteiger partial charge in [0.15, 0.2) is 5.54 Å². The van der Waals surface area contributed by atoms with Gasteiger partial charge in [-0.1, -0.05) is 28.1 Å². The van der Waals surface area contributed by atoms with Crippen LogP contribution in [0.15, 0.2) is 28.7 Å². The molecule has 1 heterocycles. The van der Waals surface area contributed by atoms with E-state index in [1.807, 2.05) is 0 Å². The lowest BCUT2D eigenvalue weighted by molar-refractivity contribution is -0.153. The number of nitrogens with zero attached hydrogens (tertiary/aromatic N) is 1. The number of β-amino-alcohol motifs (C(OH)–C–C–N with tert-alkyl or cyclic N) is 1. The van der Waals surface area contributed by atoms with Crippen molar-refractivity contribution in [1.82, 2.24) is 10.2 Å². The molecule has 26 heavy (non-hydrogen) atoms. The number of rotatable bonds is 5. The number of hydrogen-bond donors (Lipinski definition) is 3. The van der Waals surface area contributed by atoms with Gasteiger partial charge >= 0.3 is 12.1 Å². The Morgan fingerprint density at radius 2 is 1.96 bits per heavy atom. The predicted octanol–water partition coefficient (Wildman–Crippen LogP) is 1.46. The zero-order chi connectivity index (χ0) is 19.5. The average Bonchev–Trinajstić information content (AvgIpc) is 2.98. The standard InChI is InChI=1S/C17H21BrN2O6/c1-3-26-15(23)17(2,10-4-6-11(18)7-5-10)19-14(22)13-8-12(21)9-20(13)16(24)25/h4-7,12-13,21H,3,8-9H2,1-2H3,(H,19,22)(H,24,25)/t12-,13+,17+/m1/s1. The third-order valence-electron chi connectivity index (χ3n) is 4.31. The average molecular weight is 429 g/mol. The van der Waals surface area contributed by atoms with E-state index in [0.717, 1.165) is 9.37 Å². The van der Waals surface area contributed by atoms with Gasteiger partial charge in [-0.2, -0.15) is 0 Å². The highest BCUT2D eigenvalue weighted by Gasteiger charge is 2.44. The number of carboxylic acid groups (broad SMARTS) is 1. The summed E-state index contributed by atoms with van der Waals surface area (Å²) < 4.78 is 5.91. The third-order valence-corrected chi connectivity index (χ3v) is 4.83. The van der Waals surface area contributed by atoms with Crippen molar-refractivity contribution in [3.05, 3.63) is 34.3 Å². The molecule has 9 heteroatoms. The first-order valence-electron chi connectivity index (χ1n) is 8.12. The molecule has 142 valence electrons. The number of ether oxygens (including phenoxy) is 1. The quantitative estimate of drug-likeness (QED) is 0.611. The van der Waals surface area contributed by atoms with Crippen LogP contribution in [-0.4, -0.2) is 58.4 Å². The first kappa shape index (κ1) is 20.2. The van der Waals surface area contributed by atoms with Crippen molar-refractivity contribution in [3.8, 4) is 0 Å². The molecule has 0 unspecified atom stereocenters. The summed E-state index contributed by atoms with van der Waals surface area (Å²) in [6.07, 6.45) is -2.26. The molecule has 1 aromatic rings. The molecular weight excluding hydrogens is 408 g/mol. The van der Waals surface area contributed by atoms with Crippen LogP contribution in [0.3, 0.4) is 0 Å². The number of esters is 1. The number of aliphatic hydroxyl groups is 1. The van der Waals surface area contributed by atoms with E-state index in [2.05, 4.69) is 21.2 Å². The third kappa shape index (κ3) is 4.16. The molecule has 0 spiro atoms. The molecule has 1 aromatic carbocycles. The monoisotopic (exact) mass is 428 g/mol. The minimum atomic E-state index is -1.49. The van der Waals surface area contributed by atoms with E-state index in [1.54, 1.807) is 31.2 Å². The lowest BCUT2D eigenvalue weighted by Gasteiger charge is -2.31. The summed E-state index contributed by atoms with van der Waals surface area (Å²) in [6.45, 7) is 3.13. The Hall–Kier alpha value is -2.13. The fraction of sp³-hybridized carbons (Fsp3) is 0.471. The maximum absolute atomic E-state index is 12.7. The summed E-state index contributed by atoms with van der Waals surface area (Å²) >= 11 is 3.31. The lowest BCUT2D eigenvalue weighted by Crippen LogP contribution is -2.55. The fourth-order valence-corrected chi connectivity index (χ4v) is 3.17. The van der Waals surface area contributed by atoms with Gasteiger partial charge in [0.2, 0.25) is 5.91 Å². The normalized spacial score (nSPS) is 21.8. The van der Waals surface area contributed by atoms with E-state index in [0.29, 0.717) is 5.56 Å². The number of carbonyl (C=O) groups excluding carboxylic acids is 2. The molecule has 0 aromatic heterocycles. The lowest BCUT2D eigenvalue weighted by atomic mass is 9.91. The molecule has 2 rings (SSSR count). The summed E-state index contributed by atoms with van der Waals surface area (Å²) in [5, 5.41) is 21.6. The summed E-state index contributed by atoms with van der Waals surface area (Å²) in [5.74, 6) is -1.32. The van der Waals surface area contributed by atoms with Gasteiger partial charge in [-0.3, -0.25) is 9.69 Å². The van der Waals surface area contributed by atoms with E-state index >= 15 is 0 Å². The fourth-order valence-electron chi connectivity index (χ4n) is 2.90. The summed E-state index contributed by atoms with van der Waals surface area (Å²) in [6, 6.07) is 5.70. The molecular formula is C17H21BrN2O6. The van der Waals surface area contributed by atoms with Crippen LogP contribution in [-0.2, 0) is 19.9 Å². The van der Waals surface area contributed by atoms with Crippen LogP contribution in [0, 0.1) is 0 Å². The summed E-state index contributed by atoms with van der Waals surface area (Å²) in [7, 11) is 0. The number of nitrogens with one attached hydrogen (secondary N) is 1. The first-order chi connectivity index (χ1) is 12.2. The highest BCUT2D eigenvalue weighted by molar-refractivity contribution is 9.10. The van der Waals surface area contributed by atoms with Gasteiger partial charge in [-0.15, -0.1) is 0 Å². The Morgan fingerprint density at radius 3 is 2.50 bits per heavy atom. The number of benzene rings is 1. The molecule has 1 aliphatic heterocycles. The Labute approximate surface area is 159 Å². The Balaban J connectivity index is 2.31. The van der Waals surface area contributed by atoms with Crippen LogP contribution in [0.25, 0.3) is 0 Å². The number of likely N-dealkylation sites (tertiary alicyclic amines) is 1. The predicted molar refractivity (Wildman–Crippen MR) is 95.4 cm³/mol. The molecule has 8 nitrogen and oxygen atoms in total. The molecule has 0 radical (unpaired) electrons. The van der Waals surface area contributed by atoms with E-state index < -0.39 is 35.7 Å². The molecule has 0 bridgehead atoms. The van der Waals surface area contributed by atoms with Crippen LogP contribution >= 0.6 is 15.9 Å². The van der Waals surface area contributed by atoms with E-state index in [1.165, 1.54) is 6.92 Å². The number of carbonyl (C=O) groups is 3. The highest BCUT2D eigenvalue weighted by atomic mass is 79.9. The van der Waals surface area contributed by atoms with Crippen molar-refractivity contribution >= 4 is 33.9 Å². The van der Waals surface area contributed by atoms with Gasteiger partial charge in [-0.25, -0.2) is 9.59 Å². The highest BCUT2D eigenvalue weighted by Crippen LogP contribution is 2.26. The minimum Gasteiger partial charge on any atom is -0.465 e. The second-order valence-electron chi connectivity index (χ2n) is 6.18. The van der Waals surface area contributed by atoms with E-state index in [4.69, 9.17) is 4.74 Å². The van der Waals surface area contributed by atoms with Crippen molar-refractivity contribution in [2.24, 2.45) is 0 Å². The topological polar surface area (TPSA) is 116 Å². The Kier molecular flexibility index (Phi) is 6.25. The molecule has 3 N–H and O–H groups in total. The molecule has 1 fully saturated rings. The van der Waals surface area contributed by atoms with Gasteiger partial charge in [-0.05, 0) is 31.5 Å². The number of hydrogen-bond acceptors (Lipinski definition) is 5. The van der Waals surface area contributed by atoms with Crippen molar-refractivity contribution in [2.75, 3.05) is 13.2 Å². The van der Waals surface area contributed by atoms with Crippen LogP contribution in [0.5, 0.6) is 0 Å². The van der Waals surface area contributed by atoms with Crippen molar-refractivity contribution in [3.63, 3.8) is 0 Å². The van der Waals surface area contributed by atoms with Crippen molar-refractivity contribution in [2.45, 2.75) is 38.0 Å². The second kappa shape index (κ2) is 8.05. The SMILES string of the molecule is CCOC(=O)[C@@](C)(NC(=O)[C@@H]1C[C@@H](O)CN1C(=O)O)c1ccc(Br)cc1. The Bertz CT molecular complexity index is 695.